The van der Waals surface area contributed by atoms with Crippen LogP contribution in [0.2, 0.25) is 0 Å². The van der Waals surface area contributed by atoms with Gasteiger partial charge in [-0.3, -0.25) is 44.0 Å². The lowest BCUT2D eigenvalue weighted by molar-refractivity contribution is -0.119. The lowest BCUT2D eigenvalue weighted by Gasteiger charge is -2.31. The highest BCUT2D eigenvalue weighted by Crippen LogP contribution is 2.06. The predicted octanol–water partition coefficient (Wildman–Crippen LogP) is 0.597. The summed E-state index contributed by atoms with van der Waals surface area (Å²) in [5, 5.41) is 12.1. The predicted molar refractivity (Wildman–Crippen MR) is 161 cm³/mol. The van der Waals surface area contributed by atoms with Crippen molar-refractivity contribution in [1.82, 2.24) is 35.0 Å². The van der Waals surface area contributed by atoms with Crippen LogP contribution in [0.4, 0.5) is 17.1 Å². The Balaban J connectivity index is 1.37. The zero-order valence-corrected chi connectivity index (χ0v) is 23.6. The van der Waals surface area contributed by atoms with E-state index in [1.807, 2.05) is 0 Å². The number of rotatable bonds is 9. The first-order valence-electron chi connectivity index (χ1n) is 14.0. The summed E-state index contributed by atoms with van der Waals surface area (Å²) in [7, 11) is 0. The summed E-state index contributed by atoms with van der Waals surface area (Å²) in [6.45, 7) is 5.56. The molecular formula is C29H38N10O3. The highest BCUT2D eigenvalue weighted by atomic mass is 16.2. The van der Waals surface area contributed by atoms with Gasteiger partial charge in [-0.05, 0) is 36.4 Å². The third-order valence-electron chi connectivity index (χ3n) is 6.61. The summed E-state index contributed by atoms with van der Waals surface area (Å²) >= 11 is 0. The Morgan fingerprint density at radius 1 is 0.571 bits per heavy atom. The number of carbonyl (C=O) groups excluding carboxylic acids is 3. The van der Waals surface area contributed by atoms with Crippen molar-refractivity contribution in [3.8, 4) is 0 Å². The maximum atomic E-state index is 12.9. The van der Waals surface area contributed by atoms with Crippen LogP contribution in [-0.4, -0.2) is 119 Å². The smallest absolute Gasteiger partial charge is 0.238 e. The van der Waals surface area contributed by atoms with Gasteiger partial charge in [-0.1, -0.05) is 0 Å². The van der Waals surface area contributed by atoms with Crippen molar-refractivity contribution in [3.63, 3.8) is 0 Å². The average Bonchev–Trinajstić information content (AvgIpc) is 2.98. The monoisotopic (exact) mass is 574 g/mol. The molecule has 0 aliphatic carbocycles. The Kier molecular flexibility index (Phi) is 12.3. The molecule has 4 N–H and O–H groups in total. The number of amides is 3. The van der Waals surface area contributed by atoms with Crippen molar-refractivity contribution in [1.29, 1.82) is 0 Å². The fourth-order valence-corrected chi connectivity index (χ4v) is 4.50. The van der Waals surface area contributed by atoms with Crippen LogP contribution in [0, 0.1) is 0 Å². The largest absolute Gasteiger partial charge is 0.324 e. The summed E-state index contributed by atoms with van der Waals surface area (Å²) in [6.07, 6.45) is 9.80. The van der Waals surface area contributed by atoms with Crippen molar-refractivity contribution < 1.29 is 14.4 Å². The van der Waals surface area contributed by atoms with Gasteiger partial charge in [-0.15, -0.1) is 0 Å². The van der Waals surface area contributed by atoms with Crippen LogP contribution in [0.5, 0.6) is 0 Å². The van der Waals surface area contributed by atoms with E-state index >= 15 is 0 Å². The van der Waals surface area contributed by atoms with Crippen molar-refractivity contribution in [2.45, 2.75) is 0 Å². The molecule has 4 rings (SSSR count). The van der Waals surface area contributed by atoms with Gasteiger partial charge in [-0.2, -0.15) is 0 Å². The zero-order valence-electron chi connectivity index (χ0n) is 23.6. The molecule has 0 aromatic carbocycles. The van der Waals surface area contributed by atoms with Gasteiger partial charge in [0, 0.05) is 70.9 Å². The molecule has 13 heteroatoms. The van der Waals surface area contributed by atoms with E-state index in [2.05, 4.69) is 50.9 Å². The summed E-state index contributed by atoms with van der Waals surface area (Å²) in [5.41, 5.74) is 1.93. The van der Waals surface area contributed by atoms with E-state index in [1.165, 1.54) is 0 Å². The van der Waals surface area contributed by atoms with Gasteiger partial charge in [-0.25, -0.2) is 0 Å². The van der Waals surface area contributed by atoms with Gasteiger partial charge in [0.25, 0.3) is 0 Å². The molecule has 42 heavy (non-hydrogen) atoms. The first-order valence-corrected chi connectivity index (χ1v) is 14.0. The zero-order chi connectivity index (χ0) is 29.4. The molecule has 1 saturated heterocycles. The minimum absolute atomic E-state index is 0.123. The van der Waals surface area contributed by atoms with Crippen molar-refractivity contribution in [3.05, 3.63) is 73.6 Å². The van der Waals surface area contributed by atoms with Gasteiger partial charge < -0.3 is 21.3 Å². The van der Waals surface area contributed by atoms with Crippen LogP contribution in [0.15, 0.2) is 73.6 Å². The molecule has 0 saturated carbocycles. The van der Waals surface area contributed by atoms with Crippen LogP contribution >= 0.6 is 0 Å². The average molecular weight is 575 g/mol. The van der Waals surface area contributed by atoms with Crippen molar-refractivity contribution >= 4 is 34.8 Å². The molecular weight excluding hydrogens is 536 g/mol. The first kappa shape index (κ1) is 30.7. The topological polar surface area (TPSA) is 148 Å². The molecule has 0 unspecified atom stereocenters. The van der Waals surface area contributed by atoms with E-state index < -0.39 is 0 Å². The number of pyridine rings is 3. The van der Waals surface area contributed by atoms with E-state index in [0.29, 0.717) is 69.4 Å². The molecule has 13 nitrogen and oxygen atoms in total. The molecule has 0 atom stereocenters. The van der Waals surface area contributed by atoms with E-state index in [4.69, 9.17) is 0 Å². The molecule has 3 aromatic heterocycles. The number of hydrogen-bond donors (Lipinski definition) is 4. The highest BCUT2D eigenvalue weighted by molar-refractivity contribution is 5.93. The van der Waals surface area contributed by atoms with Gasteiger partial charge in [0.05, 0.1) is 55.3 Å². The minimum atomic E-state index is -0.154. The number of carbonyl (C=O) groups is 3. The fourth-order valence-electron chi connectivity index (χ4n) is 4.50. The van der Waals surface area contributed by atoms with E-state index in [9.17, 15) is 14.4 Å². The van der Waals surface area contributed by atoms with Crippen molar-refractivity contribution in [2.24, 2.45) is 0 Å². The highest BCUT2D eigenvalue weighted by Gasteiger charge is 2.19. The first-order chi connectivity index (χ1) is 20.5. The maximum absolute atomic E-state index is 12.9. The normalized spacial score (nSPS) is 16.0. The van der Waals surface area contributed by atoms with Crippen LogP contribution in [-0.2, 0) is 14.4 Å². The molecule has 1 aliphatic rings. The van der Waals surface area contributed by atoms with Crippen LogP contribution in [0.25, 0.3) is 0 Å². The third kappa shape index (κ3) is 11.3. The van der Waals surface area contributed by atoms with E-state index in [1.54, 1.807) is 73.6 Å². The van der Waals surface area contributed by atoms with Crippen LogP contribution < -0.4 is 21.3 Å². The SMILES string of the molecule is O=C(CN1CCNCCN(CC(=O)Nc2cccnc2)CCN(CC(=O)Nc2cccnc2)CC1)Nc1cccnc1. The van der Waals surface area contributed by atoms with Gasteiger partial charge in [0.2, 0.25) is 17.7 Å². The molecule has 0 bridgehead atoms. The molecule has 3 amide bonds. The Morgan fingerprint density at radius 2 is 0.905 bits per heavy atom. The molecule has 4 heterocycles. The van der Waals surface area contributed by atoms with Crippen molar-refractivity contribution in [2.75, 3.05) is 87.9 Å². The lowest BCUT2D eigenvalue weighted by atomic mass is 10.3. The van der Waals surface area contributed by atoms with Gasteiger partial charge in [0.15, 0.2) is 0 Å². The third-order valence-corrected chi connectivity index (χ3v) is 6.61. The number of nitrogens with zero attached hydrogens (tertiary/aromatic N) is 6. The quantitative estimate of drug-likeness (QED) is 0.286. The lowest BCUT2D eigenvalue weighted by Crippen LogP contribution is -2.48. The second kappa shape index (κ2) is 16.8. The standard InChI is InChI=1S/C29H38N10O3/c40-27(34-24-4-1-7-31-18-24)21-37-12-10-30-11-13-38(22-28(41)35-25-5-2-8-32-19-25)15-17-39(16-14-37)23-29(42)36-26-6-3-9-33-20-26/h1-9,18-20,30H,10-17,21-23H2,(H,34,40)(H,35,41)(H,36,42). The summed E-state index contributed by atoms with van der Waals surface area (Å²) < 4.78 is 0. The van der Waals surface area contributed by atoms with Crippen LogP contribution in [0.1, 0.15) is 0 Å². The molecule has 3 aromatic rings. The van der Waals surface area contributed by atoms with Gasteiger partial charge >= 0.3 is 0 Å². The number of anilines is 3. The number of aromatic nitrogens is 3. The van der Waals surface area contributed by atoms with E-state index in [0.717, 1.165) is 0 Å². The molecule has 1 aliphatic heterocycles. The summed E-state index contributed by atoms with van der Waals surface area (Å²) in [4.78, 5) is 56.8. The Labute approximate surface area is 245 Å². The molecule has 222 valence electrons. The Hall–Kier alpha value is -4.30. The Morgan fingerprint density at radius 3 is 1.21 bits per heavy atom. The van der Waals surface area contributed by atoms with E-state index in [-0.39, 0.29) is 37.4 Å². The molecule has 0 radical (unpaired) electrons. The molecule has 0 spiro atoms. The maximum Gasteiger partial charge on any atom is 0.238 e. The van der Waals surface area contributed by atoms with Gasteiger partial charge in [0.1, 0.15) is 0 Å². The number of hydrogen-bond acceptors (Lipinski definition) is 10. The fraction of sp³-hybridized carbons (Fsp3) is 0.379. The summed E-state index contributed by atoms with van der Waals surface area (Å²) in [6, 6.07) is 10.7. The molecule has 1 fully saturated rings. The Bertz CT molecular complexity index is 1180. The minimum Gasteiger partial charge on any atom is -0.324 e. The summed E-state index contributed by atoms with van der Waals surface area (Å²) in [5.74, 6) is -0.401. The second-order valence-corrected chi connectivity index (χ2v) is 9.95. The number of nitrogens with one attached hydrogen (secondary N) is 4. The second-order valence-electron chi connectivity index (χ2n) is 9.95. The van der Waals surface area contributed by atoms with Crippen LogP contribution in [0.3, 0.4) is 0 Å².